The van der Waals surface area contributed by atoms with Crippen molar-refractivity contribution in [2.24, 2.45) is 5.10 Å². The van der Waals surface area contributed by atoms with E-state index in [1.165, 1.54) is 21.9 Å². The van der Waals surface area contributed by atoms with E-state index in [2.05, 4.69) is 59.9 Å². The number of hydrazone groups is 1. The van der Waals surface area contributed by atoms with Crippen LogP contribution in [0, 0.1) is 6.92 Å². The van der Waals surface area contributed by atoms with Gasteiger partial charge < -0.3 is 4.74 Å². The van der Waals surface area contributed by atoms with Gasteiger partial charge in [-0.2, -0.15) is 5.10 Å². The molecule has 0 saturated heterocycles. The highest BCUT2D eigenvalue weighted by molar-refractivity contribution is 7.99. The summed E-state index contributed by atoms with van der Waals surface area (Å²) in [4.78, 5) is 12.0. The first-order chi connectivity index (χ1) is 16.2. The number of carbonyl (C=O) groups is 1. The smallest absolute Gasteiger partial charge is 0.250 e. The summed E-state index contributed by atoms with van der Waals surface area (Å²) >= 11 is 1.58. The number of ether oxygens (including phenoxy) is 1. The van der Waals surface area contributed by atoms with Gasteiger partial charge in [0, 0.05) is 5.75 Å². The van der Waals surface area contributed by atoms with Gasteiger partial charge in [-0.05, 0) is 70.3 Å². The summed E-state index contributed by atoms with van der Waals surface area (Å²) < 4.78 is 5.91. The Balaban J connectivity index is 1.20. The molecule has 0 aliphatic rings. The Kier molecular flexibility index (Phi) is 7.77. The van der Waals surface area contributed by atoms with Crippen molar-refractivity contribution in [3.63, 3.8) is 0 Å². The van der Waals surface area contributed by atoms with E-state index in [4.69, 9.17) is 4.74 Å². The van der Waals surface area contributed by atoms with E-state index >= 15 is 0 Å². The second kappa shape index (κ2) is 11.3. The fourth-order valence-corrected chi connectivity index (χ4v) is 4.28. The van der Waals surface area contributed by atoms with E-state index < -0.39 is 0 Å². The maximum Gasteiger partial charge on any atom is 0.250 e. The molecule has 0 bridgehead atoms. The van der Waals surface area contributed by atoms with Crippen LogP contribution in [0.3, 0.4) is 0 Å². The molecule has 0 aromatic heterocycles. The van der Waals surface area contributed by atoms with Gasteiger partial charge in [-0.15, -0.1) is 11.8 Å². The Labute approximate surface area is 198 Å². The number of aryl methyl sites for hydroxylation is 1. The van der Waals surface area contributed by atoms with Crippen LogP contribution in [0.4, 0.5) is 0 Å². The van der Waals surface area contributed by atoms with E-state index in [1.54, 1.807) is 18.0 Å². The van der Waals surface area contributed by atoms with Crippen LogP contribution in [-0.2, 0) is 17.2 Å². The van der Waals surface area contributed by atoms with Crippen molar-refractivity contribution in [3.05, 3.63) is 113 Å². The van der Waals surface area contributed by atoms with Crippen LogP contribution in [-0.4, -0.2) is 17.9 Å². The van der Waals surface area contributed by atoms with Crippen LogP contribution in [0.5, 0.6) is 5.75 Å². The van der Waals surface area contributed by atoms with Crippen LogP contribution >= 0.6 is 11.8 Å². The second-order valence-corrected chi connectivity index (χ2v) is 8.74. The molecule has 166 valence electrons. The van der Waals surface area contributed by atoms with Crippen LogP contribution in [0.1, 0.15) is 22.3 Å². The number of benzene rings is 4. The number of rotatable bonds is 9. The van der Waals surface area contributed by atoms with Crippen molar-refractivity contribution in [1.29, 1.82) is 0 Å². The first kappa shape index (κ1) is 22.6. The minimum absolute atomic E-state index is 0.111. The zero-order valence-corrected chi connectivity index (χ0v) is 19.3. The Morgan fingerprint density at radius 1 is 0.939 bits per heavy atom. The number of hydrogen-bond acceptors (Lipinski definition) is 4. The van der Waals surface area contributed by atoms with Gasteiger partial charge >= 0.3 is 0 Å². The normalized spacial score (nSPS) is 11.1. The molecule has 5 heteroatoms. The highest BCUT2D eigenvalue weighted by atomic mass is 32.2. The lowest BCUT2D eigenvalue weighted by Gasteiger charge is -2.08. The first-order valence-electron chi connectivity index (χ1n) is 10.8. The molecule has 4 aromatic carbocycles. The van der Waals surface area contributed by atoms with Gasteiger partial charge in [0.1, 0.15) is 12.4 Å². The number of carbonyl (C=O) groups excluding carboxylic acids is 1. The fourth-order valence-electron chi connectivity index (χ4n) is 3.38. The Morgan fingerprint density at radius 2 is 1.70 bits per heavy atom. The molecular formula is C28H26N2O2S. The lowest BCUT2D eigenvalue weighted by atomic mass is 10.1. The molecule has 0 aliphatic carbocycles. The van der Waals surface area contributed by atoms with Crippen LogP contribution < -0.4 is 10.2 Å². The maximum atomic E-state index is 12.0. The molecule has 0 saturated carbocycles. The third-order valence-electron chi connectivity index (χ3n) is 5.25. The molecule has 0 spiro atoms. The van der Waals surface area contributed by atoms with Crippen LogP contribution in [0.2, 0.25) is 0 Å². The summed E-state index contributed by atoms with van der Waals surface area (Å²) in [6.45, 7) is 2.59. The molecule has 0 unspecified atom stereocenters. The summed E-state index contributed by atoms with van der Waals surface area (Å²) in [5.41, 5.74) is 7.10. The molecule has 4 aromatic rings. The minimum Gasteiger partial charge on any atom is -0.489 e. The number of hydrogen-bond donors (Lipinski definition) is 1. The van der Waals surface area contributed by atoms with Gasteiger partial charge in [-0.1, -0.05) is 60.7 Å². The van der Waals surface area contributed by atoms with Crippen molar-refractivity contribution in [2.45, 2.75) is 19.3 Å². The first-order valence-corrected chi connectivity index (χ1v) is 12.0. The van der Waals surface area contributed by atoms with E-state index in [0.29, 0.717) is 12.4 Å². The molecule has 0 radical (unpaired) electrons. The predicted molar refractivity (Wildman–Crippen MR) is 138 cm³/mol. The van der Waals surface area contributed by atoms with Crippen LogP contribution in [0.25, 0.3) is 10.8 Å². The molecule has 1 amide bonds. The van der Waals surface area contributed by atoms with Crippen molar-refractivity contribution in [3.8, 4) is 5.75 Å². The van der Waals surface area contributed by atoms with Gasteiger partial charge in [0.15, 0.2) is 0 Å². The SMILES string of the molecule is Cc1ccccc1CSCC(=O)N/N=C\c1ccc(OCc2ccc3ccccc3c2)cc1. The van der Waals surface area contributed by atoms with Crippen molar-refractivity contribution >= 4 is 34.7 Å². The third-order valence-corrected chi connectivity index (χ3v) is 6.24. The molecule has 0 fully saturated rings. The number of amides is 1. The van der Waals surface area contributed by atoms with E-state index in [-0.39, 0.29) is 5.91 Å². The van der Waals surface area contributed by atoms with Crippen LogP contribution in [0.15, 0.2) is 96.1 Å². The summed E-state index contributed by atoms with van der Waals surface area (Å²) in [7, 11) is 0. The quantitative estimate of drug-likeness (QED) is 0.245. The van der Waals surface area contributed by atoms with Gasteiger partial charge in [0.2, 0.25) is 5.91 Å². The fraction of sp³-hybridized carbons (Fsp3) is 0.143. The average molecular weight is 455 g/mol. The largest absolute Gasteiger partial charge is 0.489 e. The van der Waals surface area contributed by atoms with Gasteiger partial charge in [-0.25, -0.2) is 5.43 Å². The summed E-state index contributed by atoms with van der Waals surface area (Å²) in [5, 5.41) is 6.49. The monoisotopic (exact) mass is 454 g/mol. The third kappa shape index (κ3) is 6.70. The van der Waals surface area contributed by atoms with E-state index in [9.17, 15) is 4.79 Å². The average Bonchev–Trinajstić information content (AvgIpc) is 2.84. The minimum atomic E-state index is -0.111. The topological polar surface area (TPSA) is 50.7 Å². The zero-order valence-electron chi connectivity index (χ0n) is 18.5. The molecule has 1 N–H and O–H groups in total. The highest BCUT2D eigenvalue weighted by Gasteiger charge is 2.03. The molecule has 4 nitrogen and oxygen atoms in total. The van der Waals surface area contributed by atoms with Crippen molar-refractivity contribution in [1.82, 2.24) is 5.43 Å². The van der Waals surface area contributed by atoms with Crippen molar-refractivity contribution < 1.29 is 9.53 Å². The highest BCUT2D eigenvalue weighted by Crippen LogP contribution is 2.18. The van der Waals surface area contributed by atoms with Crippen molar-refractivity contribution in [2.75, 3.05) is 5.75 Å². The van der Waals surface area contributed by atoms with E-state index in [0.717, 1.165) is 22.6 Å². The lowest BCUT2D eigenvalue weighted by molar-refractivity contribution is -0.118. The van der Waals surface area contributed by atoms with Gasteiger partial charge in [0.05, 0.1) is 12.0 Å². The Bertz CT molecular complexity index is 1250. The lowest BCUT2D eigenvalue weighted by Crippen LogP contribution is -2.19. The Morgan fingerprint density at radius 3 is 2.52 bits per heavy atom. The number of fused-ring (bicyclic) bond motifs is 1. The summed E-state index contributed by atoms with van der Waals surface area (Å²) in [6, 6.07) is 30.5. The van der Waals surface area contributed by atoms with E-state index in [1.807, 2.05) is 48.5 Å². The summed E-state index contributed by atoms with van der Waals surface area (Å²) in [6.07, 6.45) is 1.64. The predicted octanol–water partition coefficient (Wildman–Crippen LogP) is 6.11. The Hall–Kier alpha value is -3.57. The summed E-state index contributed by atoms with van der Waals surface area (Å²) in [5.74, 6) is 1.86. The molecule has 33 heavy (non-hydrogen) atoms. The zero-order chi connectivity index (χ0) is 22.9. The number of thioether (sulfide) groups is 1. The molecule has 0 aliphatic heterocycles. The maximum absolute atomic E-state index is 12.0. The molecular weight excluding hydrogens is 428 g/mol. The van der Waals surface area contributed by atoms with Gasteiger partial charge in [0.25, 0.3) is 0 Å². The standard InChI is InChI=1S/C28H26N2O2S/c1-21-6-2-3-9-26(21)19-33-20-28(31)30-29-17-22-11-14-27(15-12-22)32-18-23-10-13-24-7-4-5-8-25(24)16-23/h2-17H,18-20H2,1H3,(H,30,31)/b29-17-. The number of nitrogens with one attached hydrogen (secondary N) is 1. The molecule has 0 atom stereocenters. The number of nitrogens with zero attached hydrogens (tertiary/aromatic N) is 1. The molecule has 0 heterocycles. The second-order valence-electron chi connectivity index (χ2n) is 7.75. The van der Waals surface area contributed by atoms with Gasteiger partial charge in [-0.3, -0.25) is 4.79 Å². The molecule has 4 rings (SSSR count).